The summed E-state index contributed by atoms with van der Waals surface area (Å²) in [6.45, 7) is 10.4. The van der Waals surface area contributed by atoms with Gasteiger partial charge in [-0.2, -0.15) is 0 Å². The van der Waals surface area contributed by atoms with Crippen molar-refractivity contribution in [2.45, 2.75) is 135 Å². The van der Waals surface area contributed by atoms with E-state index in [0.717, 1.165) is 83.5 Å². The number of carbonyl (C=O) groups is 6. The maximum absolute atomic E-state index is 15.1. The summed E-state index contributed by atoms with van der Waals surface area (Å²) in [7, 11) is 0. The van der Waals surface area contributed by atoms with Gasteiger partial charge in [-0.15, -0.1) is 17.9 Å². The lowest BCUT2D eigenvalue weighted by Crippen LogP contribution is -2.64. The summed E-state index contributed by atoms with van der Waals surface area (Å²) in [5.74, 6) is -2.63. The number of hydrogen-bond acceptors (Lipinski definition) is 7. The number of ketones is 1. The molecule has 1 aliphatic heterocycles. The number of nitrogens with one attached hydrogen (secondary N) is 4. The lowest BCUT2D eigenvalue weighted by molar-refractivity contribution is -0.148. The van der Waals surface area contributed by atoms with Crippen molar-refractivity contribution in [2.24, 2.45) is 34.5 Å². The molecule has 5 aliphatic rings. The third-order valence-corrected chi connectivity index (χ3v) is 14.3. The van der Waals surface area contributed by atoms with Crippen molar-refractivity contribution in [3.63, 3.8) is 0 Å². The molecule has 0 spiro atoms. The molecule has 0 aromatic carbocycles. The first-order valence-electron chi connectivity index (χ1n) is 20.0. The molecule has 5 fully saturated rings. The van der Waals surface area contributed by atoms with Gasteiger partial charge in [0.15, 0.2) is 0 Å². The maximum Gasteiger partial charge on any atom is 0.289 e. The topological polar surface area (TPSA) is 154 Å². The minimum Gasteiger partial charge on any atom is -0.346 e. The molecule has 290 valence electrons. The van der Waals surface area contributed by atoms with E-state index in [-0.39, 0.29) is 53.4 Å². The van der Waals surface area contributed by atoms with Crippen LogP contribution in [-0.2, 0) is 24.0 Å². The van der Waals surface area contributed by atoms with Gasteiger partial charge < -0.3 is 26.2 Å². The summed E-state index contributed by atoms with van der Waals surface area (Å²) >= 11 is 1.32. The maximum atomic E-state index is 15.1. The zero-order chi connectivity index (χ0) is 37.9. The fourth-order valence-electron chi connectivity index (χ4n) is 9.84. The number of rotatable bonds is 15. The zero-order valence-corrected chi connectivity index (χ0v) is 32.6. The second-order valence-electron chi connectivity index (χ2n) is 17.3. The van der Waals surface area contributed by atoms with Gasteiger partial charge in [0.05, 0.1) is 10.9 Å². The van der Waals surface area contributed by atoms with Gasteiger partial charge in [-0.1, -0.05) is 90.7 Å². The number of fused-ring (bicyclic) bond motifs is 1. The smallest absolute Gasteiger partial charge is 0.289 e. The van der Waals surface area contributed by atoms with Crippen LogP contribution in [0.25, 0.3) is 0 Å². The first-order valence-corrected chi connectivity index (χ1v) is 20.9. The lowest BCUT2D eigenvalue weighted by atomic mass is 9.69. The Bertz CT molecular complexity index is 1540. The average molecular weight is 750 g/mol. The number of piperidine rings is 1. The average Bonchev–Trinajstić information content (AvgIpc) is 3.58. The van der Waals surface area contributed by atoms with E-state index < -0.39 is 47.2 Å². The highest BCUT2D eigenvalue weighted by molar-refractivity contribution is 7.12. The molecule has 1 aromatic rings. The Kier molecular flexibility index (Phi) is 12.2. The van der Waals surface area contributed by atoms with Crippen molar-refractivity contribution in [3.05, 3.63) is 35.0 Å². The van der Waals surface area contributed by atoms with E-state index >= 15 is 4.79 Å². The summed E-state index contributed by atoms with van der Waals surface area (Å²) < 4.78 is 0. The fraction of sp³-hybridized carbons (Fsp3) is 0.707. The van der Waals surface area contributed by atoms with Crippen LogP contribution in [0.4, 0.5) is 0 Å². The second-order valence-corrected chi connectivity index (χ2v) is 18.3. The summed E-state index contributed by atoms with van der Waals surface area (Å²) in [6.07, 6.45) is 13.9. The second kappa shape index (κ2) is 16.4. The van der Waals surface area contributed by atoms with Crippen LogP contribution in [0, 0.1) is 34.5 Å². The quantitative estimate of drug-likeness (QED) is 0.148. The molecule has 0 bridgehead atoms. The summed E-state index contributed by atoms with van der Waals surface area (Å²) in [6, 6.07) is 0.0378. The molecule has 1 saturated heterocycles. The van der Waals surface area contributed by atoms with Crippen LogP contribution in [0.2, 0.25) is 0 Å². The molecule has 6 atom stereocenters. The van der Waals surface area contributed by atoms with E-state index in [1.807, 2.05) is 11.4 Å². The predicted octanol–water partition coefficient (Wildman–Crippen LogP) is 4.91. The van der Waals surface area contributed by atoms with Crippen LogP contribution < -0.4 is 21.3 Å². The van der Waals surface area contributed by atoms with Gasteiger partial charge in [0.25, 0.3) is 11.8 Å². The van der Waals surface area contributed by atoms with E-state index in [9.17, 15) is 24.0 Å². The molecule has 4 aliphatic carbocycles. The standard InChI is InChI=1S/C41H59N5O6S/c1-5-21-42-38(51)33(47)28(23-25-14-12-15-25)43-37(50)32-30-27(40(30,2)3)24-46(32)39(52)34(41(4)19-10-7-11-20-41)45-36(49)31(26-16-8-6-9-17-26)44-35(48)29-18-13-22-53-29/h5,13,18,22,25-28,30-32,34H,1,6-12,14-17,19-21,23-24H2,2-4H3,(H,42,51)(H,43,50)(H,44,48)(H,45,49)/t27-,28?,30-,31-,32-,34+/m0/s1. The van der Waals surface area contributed by atoms with Crippen LogP contribution in [0.1, 0.15) is 120 Å². The van der Waals surface area contributed by atoms with Crippen molar-refractivity contribution < 1.29 is 28.8 Å². The Morgan fingerprint density at radius 1 is 0.925 bits per heavy atom. The number of nitrogens with zero attached hydrogens (tertiary/aromatic N) is 1. The molecular weight excluding hydrogens is 691 g/mol. The number of thiophene rings is 1. The highest BCUT2D eigenvalue weighted by Crippen LogP contribution is 2.65. The number of carbonyl (C=O) groups excluding carboxylic acids is 6. The van der Waals surface area contributed by atoms with Gasteiger partial charge in [0.2, 0.25) is 23.5 Å². The Morgan fingerprint density at radius 3 is 2.25 bits per heavy atom. The summed E-state index contributed by atoms with van der Waals surface area (Å²) in [5.41, 5.74) is -0.728. The van der Waals surface area contributed by atoms with Crippen LogP contribution in [0.5, 0.6) is 0 Å². The van der Waals surface area contributed by atoms with Gasteiger partial charge in [-0.3, -0.25) is 28.8 Å². The molecule has 1 unspecified atom stereocenters. The van der Waals surface area contributed by atoms with Crippen LogP contribution in [0.15, 0.2) is 30.2 Å². The van der Waals surface area contributed by atoms with E-state index in [1.165, 1.54) is 17.4 Å². The Balaban J connectivity index is 1.26. The number of amides is 5. The minimum absolute atomic E-state index is 0.0462. The summed E-state index contributed by atoms with van der Waals surface area (Å²) in [4.78, 5) is 85.7. The zero-order valence-electron chi connectivity index (χ0n) is 31.8. The largest absolute Gasteiger partial charge is 0.346 e. The van der Waals surface area contributed by atoms with Crippen molar-refractivity contribution >= 4 is 46.7 Å². The van der Waals surface area contributed by atoms with E-state index in [0.29, 0.717) is 17.8 Å². The van der Waals surface area contributed by atoms with E-state index in [2.05, 4.69) is 48.6 Å². The Hall–Kier alpha value is -3.54. The minimum atomic E-state index is -0.995. The molecule has 11 nitrogen and oxygen atoms in total. The van der Waals surface area contributed by atoms with Crippen LogP contribution >= 0.6 is 11.3 Å². The van der Waals surface area contributed by atoms with Gasteiger partial charge in [0, 0.05) is 13.1 Å². The van der Waals surface area contributed by atoms with Crippen LogP contribution in [-0.4, -0.2) is 77.5 Å². The van der Waals surface area contributed by atoms with E-state index in [4.69, 9.17) is 0 Å². The van der Waals surface area contributed by atoms with Crippen molar-refractivity contribution in [2.75, 3.05) is 13.1 Å². The Labute approximate surface area is 318 Å². The first-order chi connectivity index (χ1) is 25.4. The third-order valence-electron chi connectivity index (χ3n) is 13.5. The highest BCUT2D eigenvalue weighted by Gasteiger charge is 2.70. The molecule has 12 heteroatoms. The van der Waals surface area contributed by atoms with Crippen molar-refractivity contribution in [1.29, 1.82) is 0 Å². The third kappa shape index (κ3) is 8.42. The lowest BCUT2D eigenvalue weighted by Gasteiger charge is -2.44. The fourth-order valence-corrected chi connectivity index (χ4v) is 10.5. The monoisotopic (exact) mass is 749 g/mol. The normalized spacial score (nSPS) is 26.5. The van der Waals surface area contributed by atoms with Crippen LogP contribution in [0.3, 0.4) is 0 Å². The number of likely N-dealkylation sites (tertiary alicyclic amines) is 1. The molecule has 4 saturated carbocycles. The molecule has 5 amide bonds. The molecule has 6 rings (SSSR count). The molecular formula is C41H59N5O6S. The summed E-state index contributed by atoms with van der Waals surface area (Å²) in [5, 5.41) is 13.6. The van der Waals surface area contributed by atoms with Crippen molar-refractivity contribution in [3.8, 4) is 0 Å². The van der Waals surface area contributed by atoms with Gasteiger partial charge in [-0.25, -0.2) is 0 Å². The molecule has 53 heavy (non-hydrogen) atoms. The highest BCUT2D eigenvalue weighted by atomic mass is 32.1. The molecule has 1 aromatic heterocycles. The molecule has 2 heterocycles. The van der Waals surface area contributed by atoms with E-state index in [1.54, 1.807) is 11.0 Å². The van der Waals surface area contributed by atoms with Gasteiger partial charge in [-0.05, 0) is 78.1 Å². The Morgan fingerprint density at radius 2 is 1.62 bits per heavy atom. The molecule has 0 radical (unpaired) electrons. The SMILES string of the molecule is C=CCNC(=O)C(=O)C(CC1CCC1)NC(=O)[C@@H]1[C@@H]2[C@H](CN1C(=O)[C@@H](NC(=O)[C@@H](NC(=O)c1cccs1)C1CCCCC1)C1(C)CCCCC1)C2(C)C. The number of hydrogen-bond donors (Lipinski definition) is 4. The van der Waals surface area contributed by atoms with Gasteiger partial charge >= 0.3 is 0 Å². The first kappa shape index (κ1) is 39.2. The predicted molar refractivity (Wildman–Crippen MR) is 204 cm³/mol. The van der Waals surface area contributed by atoms with Crippen molar-refractivity contribution in [1.82, 2.24) is 26.2 Å². The molecule has 4 N–H and O–H groups in total. The van der Waals surface area contributed by atoms with Gasteiger partial charge in [0.1, 0.15) is 18.1 Å². The number of Topliss-reactive ketones (excluding diaryl/α,β-unsaturated/α-hetero) is 1.